The van der Waals surface area contributed by atoms with Crippen LogP contribution < -0.4 is 14.4 Å². The number of carbonyl (C=O) groups excluding carboxylic acids is 1. The van der Waals surface area contributed by atoms with Crippen LogP contribution in [0.25, 0.3) is 0 Å². The van der Waals surface area contributed by atoms with Crippen LogP contribution in [0.15, 0.2) is 35.7 Å². The lowest BCUT2D eigenvalue weighted by Crippen LogP contribution is -2.37. The molecule has 3 aliphatic rings. The first-order chi connectivity index (χ1) is 19.5. The van der Waals surface area contributed by atoms with Crippen LogP contribution in [0.2, 0.25) is 0 Å². The lowest BCUT2D eigenvalue weighted by Gasteiger charge is -2.27. The molecule has 1 aliphatic heterocycles. The van der Waals surface area contributed by atoms with E-state index in [0.29, 0.717) is 41.9 Å². The summed E-state index contributed by atoms with van der Waals surface area (Å²) in [6, 6.07) is 4.25. The standard InChI is InChI=1S/C29H39FN6O4S/c1-5-36(18(2)3)29(37)22-12-20(30)8-11-25(22)40-26-14-31-17-33-28(26)35-15-23-24(16-35)27(23)32-13-19-6-9-21(10-7-19)34-41(4,38)39/h8,11-14,17-19,21,23-24,27,34H,5-7,9-10,15-16H2,1-4H3/b32-13-/t19-,21+,23?,24?,27?. The molecule has 222 valence electrons. The number of nitrogens with one attached hydrogen (secondary N) is 1. The Kier molecular flexibility index (Phi) is 8.60. The van der Waals surface area contributed by atoms with E-state index in [1.165, 1.54) is 30.8 Å². The van der Waals surface area contributed by atoms with Crippen molar-refractivity contribution in [1.82, 2.24) is 19.6 Å². The average molecular weight is 587 g/mol. The van der Waals surface area contributed by atoms with Crippen LogP contribution in [-0.4, -0.2) is 79.4 Å². The Morgan fingerprint density at radius 2 is 1.93 bits per heavy atom. The van der Waals surface area contributed by atoms with Gasteiger partial charge in [-0.1, -0.05) is 0 Å². The first-order valence-electron chi connectivity index (χ1n) is 14.4. The maximum absolute atomic E-state index is 14.2. The number of rotatable bonds is 10. The largest absolute Gasteiger partial charge is 0.451 e. The number of anilines is 1. The predicted octanol–water partition coefficient (Wildman–Crippen LogP) is 3.89. The van der Waals surface area contributed by atoms with Gasteiger partial charge >= 0.3 is 0 Å². The second-order valence-corrected chi connectivity index (χ2v) is 13.4. The molecule has 2 saturated carbocycles. The fraction of sp³-hybridized carbons (Fsp3) is 0.586. The topological polar surface area (TPSA) is 117 Å². The van der Waals surface area contributed by atoms with Gasteiger partial charge in [0, 0.05) is 49.8 Å². The van der Waals surface area contributed by atoms with Crippen LogP contribution in [0, 0.1) is 23.6 Å². The molecular formula is C29H39FN6O4S. The fourth-order valence-electron chi connectivity index (χ4n) is 6.19. The minimum absolute atomic E-state index is 0.0256. The summed E-state index contributed by atoms with van der Waals surface area (Å²) in [5, 5.41) is 0. The zero-order valence-corrected chi connectivity index (χ0v) is 24.8. The Hall–Kier alpha value is -3.12. The summed E-state index contributed by atoms with van der Waals surface area (Å²) < 4.78 is 46.1. The molecule has 0 spiro atoms. The molecule has 0 bridgehead atoms. The summed E-state index contributed by atoms with van der Waals surface area (Å²) >= 11 is 0. The number of amides is 1. The van der Waals surface area contributed by atoms with Gasteiger partial charge in [-0.3, -0.25) is 9.79 Å². The summed E-state index contributed by atoms with van der Waals surface area (Å²) in [6.07, 6.45) is 9.90. The van der Waals surface area contributed by atoms with E-state index >= 15 is 0 Å². The van der Waals surface area contributed by atoms with Crippen LogP contribution in [0.4, 0.5) is 10.2 Å². The summed E-state index contributed by atoms with van der Waals surface area (Å²) in [4.78, 5) is 30.6. The number of sulfonamides is 1. The molecule has 3 fully saturated rings. The SMILES string of the molecule is CCN(C(=O)c1cc(F)ccc1Oc1cncnc1N1CC2C(C1)C2/N=C\[C@H]1CC[C@@H](NS(C)(=O)=O)CC1)C(C)C. The van der Waals surface area contributed by atoms with Gasteiger partial charge in [0.1, 0.15) is 17.9 Å². The highest BCUT2D eigenvalue weighted by Crippen LogP contribution is 2.50. The molecule has 1 aromatic carbocycles. The highest BCUT2D eigenvalue weighted by Gasteiger charge is 2.56. The van der Waals surface area contributed by atoms with Gasteiger partial charge < -0.3 is 14.5 Å². The molecule has 5 rings (SSSR count). The number of nitrogens with zero attached hydrogens (tertiary/aromatic N) is 5. The lowest BCUT2D eigenvalue weighted by molar-refractivity contribution is 0.0713. The molecule has 41 heavy (non-hydrogen) atoms. The molecule has 2 unspecified atom stereocenters. The number of piperidine rings is 1. The second-order valence-electron chi connectivity index (χ2n) is 11.7. The third-order valence-electron chi connectivity index (χ3n) is 8.35. The Morgan fingerprint density at radius 1 is 1.22 bits per heavy atom. The van der Waals surface area contributed by atoms with Gasteiger partial charge in [-0.05, 0) is 70.6 Å². The summed E-state index contributed by atoms with van der Waals surface area (Å²) in [5.41, 5.74) is 0.162. The zero-order valence-electron chi connectivity index (χ0n) is 24.0. The first kappa shape index (κ1) is 29.4. The third-order valence-corrected chi connectivity index (χ3v) is 9.11. The molecule has 12 heteroatoms. The quantitative estimate of drug-likeness (QED) is 0.420. The molecular weight excluding hydrogens is 547 g/mol. The van der Waals surface area contributed by atoms with E-state index in [1.54, 1.807) is 11.1 Å². The average Bonchev–Trinajstić information content (AvgIpc) is 3.37. The minimum Gasteiger partial charge on any atom is -0.451 e. The third kappa shape index (κ3) is 6.86. The van der Waals surface area contributed by atoms with Crippen LogP contribution in [0.3, 0.4) is 0 Å². The Morgan fingerprint density at radius 3 is 2.56 bits per heavy atom. The van der Waals surface area contributed by atoms with E-state index in [4.69, 9.17) is 9.73 Å². The number of benzene rings is 1. The van der Waals surface area contributed by atoms with E-state index in [9.17, 15) is 17.6 Å². The van der Waals surface area contributed by atoms with Crippen molar-refractivity contribution in [2.24, 2.45) is 22.7 Å². The number of hydrogen-bond acceptors (Lipinski definition) is 8. The van der Waals surface area contributed by atoms with E-state index in [0.717, 1.165) is 38.8 Å². The van der Waals surface area contributed by atoms with Gasteiger partial charge in [-0.15, -0.1) is 0 Å². The van der Waals surface area contributed by atoms with Gasteiger partial charge in [0.15, 0.2) is 11.6 Å². The number of aliphatic imine (C=N–C) groups is 1. The second kappa shape index (κ2) is 12.0. The Bertz CT molecular complexity index is 1380. The van der Waals surface area contributed by atoms with E-state index in [1.807, 2.05) is 20.8 Å². The van der Waals surface area contributed by atoms with Crippen molar-refractivity contribution in [3.8, 4) is 11.5 Å². The van der Waals surface area contributed by atoms with E-state index < -0.39 is 15.8 Å². The normalized spacial score (nSPS) is 25.9. The lowest BCUT2D eigenvalue weighted by atomic mass is 9.87. The smallest absolute Gasteiger partial charge is 0.257 e. The monoisotopic (exact) mass is 586 g/mol. The summed E-state index contributed by atoms with van der Waals surface area (Å²) in [6.45, 7) is 7.80. The van der Waals surface area contributed by atoms with Crippen molar-refractivity contribution in [3.63, 3.8) is 0 Å². The van der Waals surface area contributed by atoms with Crippen LogP contribution in [0.1, 0.15) is 56.8 Å². The van der Waals surface area contributed by atoms with E-state index in [2.05, 4.69) is 25.8 Å². The van der Waals surface area contributed by atoms with Crippen molar-refractivity contribution < 1.29 is 22.3 Å². The van der Waals surface area contributed by atoms with Gasteiger partial charge in [0.05, 0.1) is 24.1 Å². The molecule has 2 aromatic rings. The van der Waals surface area contributed by atoms with Gasteiger partial charge in [0.25, 0.3) is 5.91 Å². The Balaban J connectivity index is 1.21. The first-order valence-corrected chi connectivity index (χ1v) is 16.3. The van der Waals surface area contributed by atoms with Gasteiger partial charge in [-0.2, -0.15) is 0 Å². The van der Waals surface area contributed by atoms with Crippen molar-refractivity contribution in [2.45, 2.75) is 64.6 Å². The van der Waals surface area contributed by atoms with E-state index in [-0.39, 0.29) is 29.3 Å². The maximum Gasteiger partial charge on any atom is 0.257 e. The fourth-order valence-corrected chi connectivity index (χ4v) is 7.03. The zero-order chi connectivity index (χ0) is 29.3. The van der Waals surface area contributed by atoms with Crippen LogP contribution in [-0.2, 0) is 10.0 Å². The molecule has 2 heterocycles. The molecule has 1 aromatic heterocycles. The number of ether oxygens (including phenoxy) is 1. The Labute approximate surface area is 241 Å². The van der Waals surface area contributed by atoms with Gasteiger partial charge in [-0.25, -0.2) is 27.5 Å². The van der Waals surface area contributed by atoms with Crippen molar-refractivity contribution in [1.29, 1.82) is 0 Å². The highest BCUT2D eigenvalue weighted by molar-refractivity contribution is 7.88. The highest BCUT2D eigenvalue weighted by atomic mass is 32.2. The number of halogens is 1. The number of aromatic nitrogens is 2. The number of hydrogen-bond donors (Lipinski definition) is 1. The maximum atomic E-state index is 14.2. The molecule has 1 amide bonds. The minimum atomic E-state index is -3.17. The predicted molar refractivity (Wildman–Crippen MR) is 156 cm³/mol. The number of carbonyl (C=O) groups is 1. The van der Waals surface area contributed by atoms with Crippen molar-refractivity contribution >= 4 is 28.0 Å². The number of fused-ring (bicyclic) bond motifs is 1. The molecule has 10 nitrogen and oxygen atoms in total. The van der Waals surface area contributed by atoms with Crippen molar-refractivity contribution in [2.75, 3.05) is 30.8 Å². The van der Waals surface area contributed by atoms with Gasteiger partial charge in [0.2, 0.25) is 10.0 Å². The van der Waals surface area contributed by atoms with Crippen LogP contribution >= 0.6 is 0 Å². The molecule has 0 radical (unpaired) electrons. The summed E-state index contributed by atoms with van der Waals surface area (Å²) in [5.74, 6) is 1.79. The van der Waals surface area contributed by atoms with Crippen molar-refractivity contribution in [3.05, 3.63) is 42.1 Å². The van der Waals surface area contributed by atoms with Crippen LogP contribution in [0.5, 0.6) is 11.5 Å². The molecule has 1 N–H and O–H groups in total. The molecule has 1 saturated heterocycles. The molecule has 2 aliphatic carbocycles. The molecule has 2 atom stereocenters. The summed E-state index contributed by atoms with van der Waals surface area (Å²) in [7, 11) is -3.17.